The van der Waals surface area contributed by atoms with Crippen LogP contribution in [0.25, 0.3) is 22.0 Å². The third kappa shape index (κ3) is 4.81. The molecule has 5 nitrogen and oxygen atoms in total. The molecule has 0 bridgehead atoms. The van der Waals surface area contributed by atoms with E-state index in [1.807, 2.05) is 18.2 Å². The quantitative estimate of drug-likeness (QED) is 0.344. The van der Waals surface area contributed by atoms with Gasteiger partial charge >= 0.3 is 0 Å². The molecule has 2 aromatic carbocycles. The zero-order valence-electron chi connectivity index (χ0n) is 17.6. The molecule has 1 heterocycles. The average Bonchev–Trinajstić information content (AvgIpc) is 3.63. The number of hydrogen-bond acceptors (Lipinski definition) is 5. The highest BCUT2D eigenvalue weighted by molar-refractivity contribution is 6.37. The Labute approximate surface area is 204 Å². The fourth-order valence-electron chi connectivity index (χ4n) is 4.48. The summed E-state index contributed by atoms with van der Waals surface area (Å²) in [6, 6.07) is 9.80. The molecule has 0 unspecified atom stereocenters. The fourth-order valence-corrected chi connectivity index (χ4v) is 4.97. The summed E-state index contributed by atoms with van der Waals surface area (Å²) < 4.78 is 0. The first-order valence-corrected chi connectivity index (χ1v) is 11.8. The van der Waals surface area contributed by atoms with Gasteiger partial charge in [0.1, 0.15) is 0 Å². The molecule has 2 aliphatic rings. The summed E-state index contributed by atoms with van der Waals surface area (Å²) in [4.78, 5) is 17.7. The molecule has 7 heteroatoms. The minimum atomic E-state index is -0.130. The molecule has 0 radical (unpaired) electrons. The van der Waals surface area contributed by atoms with Gasteiger partial charge in [0.15, 0.2) is 11.5 Å². The lowest BCUT2D eigenvalue weighted by atomic mass is 9.91. The number of nitrogens with one attached hydrogen (secondary N) is 1. The van der Waals surface area contributed by atoms with Crippen molar-refractivity contribution in [2.75, 3.05) is 5.32 Å². The number of nitrogens with zero attached hydrogens (tertiary/aromatic N) is 1. The number of benzene rings is 2. The van der Waals surface area contributed by atoms with Crippen molar-refractivity contribution in [3.8, 4) is 16.9 Å². The van der Waals surface area contributed by atoms with Gasteiger partial charge in [-0.15, -0.1) is 0 Å². The lowest BCUT2D eigenvalue weighted by molar-refractivity contribution is 0.0968. The van der Waals surface area contributed by atoms with Gasteiger partial charge in [0.05, 0.1) is 26.8 Å². The first-order chi connectivity index (χ1) is 15.4. The van der Waals surface area contributed by atoms with Gasteiger partial charge in [-0.3, -0.25) is 9.78 Å². The van der Waals surface area contributed by atoms with Gasteiger partial charge in [0.2, 0.25) is 0 Å². The SMILES string of the molecule is C.NC1CCC(Nc2c(C(=O)C3CC3)cnc3ccc(-c4cc(Cl)c(O)c(Cl)c4)cc23)CC1. The van der Waals surface area contributed by atoms with E-state index < -0.39 is 0 Å². The van der Waals surface area contributed by atoms with Crippen molar-refractivity contribution in [1.82, 2.24) is 4.98 Å². The Hall–Kier alpha value is -2.34. The molecule has 2 aliphatic carbocycles. The highest BCUT2D eigenvalue weighted by atomic mass is 35.5. The molecule has 4 N–H and O–H groups in total. The normalized spacial score (nSPS) is 20.3. The molecular formula is C26H29Cl2N3O2. The minimum absolute atomic E-state index is 0. The standard InChI is InChI=1S/C25H25Cl2N3O2.CH4/c26-20-10-15(11-21(27)25(20)32)14-3-8-22-18(9-14)23(30-17-6-4-16(28)5-7-17)19(12-29-22)24(31)13-1-2-13;/h3,8-13,16-17,32H,1-2,4-7,28H2,(H,29,30);1H4. The largest absolute Gasteiger partial charge is 0.505 e. The maximum atomic E-state index is 13.1. The van der Waals surface area contributed by atoms with Crippen LogP contribution in [0.4, 0.5) is 5.69 Å². The molecule has 5 rings (SSSR count). The van der Waals surface area contributed by atoms with Crippen LogP contribution in [0, 0.1) is 5.92 Å². The van der Waals surface area contributed by atoms with Crippen molar-refractivity contribution in [3.05, 3.63) is 52.1 Å². The number of carbonyl (C=O) groups is 1. The van der Waals surface area contributed by atoms with Gasteiger partial charge in [-0.2, -0.15) is 0 Å². The Bertz CT molecular complexity index is 1180. The zero-order valence-corrected chi connectivity index (χ0v) is 19.1. The Morgan fingerprint density at radius 2 is 1.67 bits per heavy atom. The maximum absolute atomic E-state index is 13.1. The lowest BCUT2D eigenvalue weighted by Gasteiger charge is -2.29. The van der Waals surface area contributed by atoms with Crippen LogP contribution >= 0.6 is 23.2 Å². The van der Waals surface area contributed by atoms with Crippen molar-refractivity contribution in [2.45, 2.75) is 58.0 Å². The molecular weight excluding hydrogens is 457 g/mol. The second kappa shape index (κ2) is 9.49. The number of pyridine rings is 1. The number of Topliss-reactive ketones (excluding diaryl/α,β-unsaturated/α-hetero) is 1. The van der Waals surface area contributed by atoms with E-state index in [1.165, 1.54) is 0 Å². The molecule has 1 aromatic heterocycles. The van der Waals surface area contributed by atoms with Gasteiger partial charge in [-0.1, -0.05) is 36.7 Å². The average molecular weight is 486 g/mol. The highest BCUT2D eigenvalue weighted by Gasteiger charge is 2.33. The predicted molar refractivity (Wildman–Crippen MR) is 137 cm³/mol. The third-order valence-electron chi connectivity index (χ3n) is 6.55. The number of rotatable bonds is 5. The van der Waals surface area contributed by atoms with Crippen LogP contribution in [-0.4, -0.2) is 28.0 Å². The molecule has 0 aliphatic heterocycles. The smallest absolute Gasteiger partial charge is 0.169 e. The number of phenolic OH excluding ortho intramolecular Hbond substituents is 1. The van der Waals surface area contributed by atoms with Crippen molar-refractivity contribution >= 4 is 45.6 Å². The van der Waals surface area contributed by atoms with Crippen molar-refractivity contribution in [1.29, 1.82) is 0 Å². The molecule has 0 saturated heterocycles. The number of halogens is 2. The summed E-state index contributed by atoms with van der Waals surface area (Å²) >= 11 is 12.3. The monoisotopic (exact) mass is 485 g/mol. The van der Waals surface area contributed by atoms with Gasteiger partial charge in [-0.05, 0) is 73.9 Å². The van der Waals surface area contributed by atoms with E-state index in [2.05, 4.69) is 10.3 Å². The van der Waals surface area contributed by atoms with Crippen LogP contribution in [0.15, 0.2) is 36.5 Å². The van der Waals surface area contributed by atoms with Crippen LogP contribution < -0.4 is 11.1 Å². The Balaban J connectivity index is 0.00000259. The predicted octanol–water partition coefficient (Wildman–Crippen LogP) is 6.82. The first kappa shape index (κ1) is 23.8. The summed E-state index contributed by atoms with van der Waals surface area (Å²) in [5.41, 5.74) is 10.1. The van der Waals surface area contributed by atoms with E-state index in [4.69, 9.17) is 28.9 Å². The number of fused-ring (bicyclic) bond motifs is 1. The van der Waals surface area contributed by atoms with Gasteiger partial charge in [0, 0.05) is 29.6 Å². The number of aromatic hydroxyl groups is 1. The number of aromatic nitrogens is 1. The van der Waals surface area contributed by atoms with Gasteiger partial charge in [0.25, 0.3) is 0 Å². The second-order valence-electron chi connectivity index (χ2n) is 8.96. The number of carbonyl (C=O) groups excluding carboxylic acids is 1. The van der Waals surface area contributed by atoms with Crippen molar-refractivity contribution < 1.29 is 9.90 Å². The Kier molecular flexibility index (Phi) is 6.85. The minimum Gasteiger partial charge on any atom is -0.505 e. The Morgan fingerprint density at radius 1 is 1.00 bits per heavy atom. The van der Waals surface area contributed by atoms with Crippen LogP contribution in [0.3, 0.4) is 0 Å². The summed E-state index contributed by atoms with van der Waals surface area (Å²) in [5.74, 6) is 0.137. The Morgan fingerprint density at radius 3 is 2.30 bits per heavy atom. The van der Waals surface area contributed by atoms with E-state index in [-0.39, 0.29) is 47.0 Å². The molecule has 0 amide bonds. The topological polar surface area (TPSA) is 88.2 Å². The van der Waals surface area contributed by atoms with Crippen LogP contribution in [0.2, 0.25) is 10.0 Å². The maximum Gasteiger partial charge on any atom is 0.169 e. The molecule has 33 heavy (non-hydrogen) atoms. The van der Waals surface area contributed by atoms with E-state index in [0.29, 0.717) is 5.56 Å². The van der Waals surface area contributed by atoms with E-state index in [1.54, 1.807) is 18.3 Å². The molecule has 2 fully saturated rings. The van der Waals surface area contributed by atoms with Crippen molar-refractivity contribution in [3.63, 3.8) is 0 Å². The number of phenols is 1. The van der Waals surface area contributed by atoms with Crippen molar-refractivity contribution in [2.24, 2.45) is 11.7 Å². The summed E-state index contributed by atoms with van der Waals surface area (Å²) in [7, 11) is 0. The molecule has 174 valence electrons. The van der Waals surface area contributed by atoms with E-state index in [9.17, 15) is 9.90 Å². The number of anilines is 1. The fraction of sp³-hybridized carbons (Fsp3) is 0.385. The van der Waals surface area contributed by atoms with Crippen LogP contribution in [0.1, 0.15) is 56.3 Å². The molecule has 2 saturated carbocycles. The molecule has 0 atom stereocenters. The third-order valence-corrected chi connectivity index (χ3v) is 7.13. The number of nitrogens with two attached hydrogens (primary N) is 1. The van der Waals surface area contributed by atoms with Crippen LogP contribution in [-0.2, 0) is 0 Å². The van der Waals surface area contributed by atoms with Gasteiger partial charge < -0.3 is 16.2 Å². The summed E-state index contributed by atoms with van der Waals surface area (Å²) in [6.45, 7) is 0. The lowest BCUT2D eigenvalue weighted by Crippen LogP contribution is -2.33. The summed E-state index contributed by atoms with van der Waals surface area (Å²) in [5, 5.41) is 14.9. The summed E-state index contributed by atoms with van der Waals surface area (Å²) in [6.07, 6.45) is 7.51. The van der Waals surface area contributed by atoms with Gasteiger partial charge in [-0.25, -0.2) is 0 Å². The second-order valence-corrected chi connectivity index (χ2v) is 9.78. The molecule has 3 aromatic rings. The highest BCUT2D eigenvalue weighted by Crippen LogP contribution is 2.40. The van der Waals surface area contributed by atoms with E-state index >= 15 is 0 Å². The van der Waals surface area contributed by atoms with Crippen LogP contribution in [0.5, 0.6) is 5.75 Å². The number of ketones is 1. The number of hydrogen-bond donors (Lipinski definition) is 3. The molecule has 0 spiro atoms. The van der Waals surface area contributed by atoms with E-state index in [0.717, 1.165) is 66.2 Å². The zero-order chi connectivity index (χ0) is 22.4. The first-order valence-electron chi connectivity index (χ1n) is 11.1.